The molecule has 0 unspecified atom stereocenters. The van der Waals surface area contributed by atoms with Crippen LogP contribution >= 0.6 is 22.9 Å². The second kappa shape index (κ2) is 6.16. The van der Waals surface area contributed by atoms with E-state index in [2.05, 4.69) is 10.4 Å². The van der Waals surface area contributed by atoms with Crippen molar-refractivity contribution in [1.82, 2.24) is 15.1 Å². The van der Waals surface area contributed by atoms with E-state index in [1.165, 1.54) is 4.68 Å². The Morgan fingerprint density at radius 1 is 1.43 bits per heavy atom. The number of alkyl halides is 3. The molecule has 0 bridgehead atoms. The van der Waals surface area contributed by atoms with Crippen LogP contribution in [0.4, 0.5) is 13.2 Å². The van der Waals surface area contributed by atoms with Gasteiger partial charge in [0.2, 0.25) is 0 Å². The first-order chi connectivity index (χ1) is 10.8. The Morgan fingerprint density at radius 3 is 2.74 bits per heavy atom. The molecule has 0 saturated heterocycles. The summed E-state index contributed by atoms with van der Waals surface area (Å²) in [7, 11) is 0. The van der Waals surface area contributed by atoms with Crippen LogP contribution in [0.1, 0.15) is 39.8 Å². The molecule has 1 amide bonds. The number of carbonyl (C=O) groups is 1. The van der Waals surface area contributed by atoms with Gasteiger partial charge in [0.25, 0.3) is 5.91 Å². The lowest BCUT2D eigenvalue weighted by Crippen LogP contribution is -2.27. The zero-order valence-electron chi connectivity index (χ0n) is 11.9. The lowest BCUT2D eigenvalue weighted by atomic mass is 10.2. The van der Waals surface area contributed by atoms with Crippen LogP contribution in [0.25, 0.3) is 0 Å². The van der Waals surface area contributed by atoms with Crippen LogP contribution < -0.4 is 5.32 Å². The molecule has 2 heterocycles. The molecule has 1 aliphatic rings. The van der Waals surface area contributed by atoms with Crippen LogP contribution in [0.15, 0.2) is 18.2 Å². The maximum atomic E-state index is 12.8. The average molecular weight is 364 g/mol. The summed E-state index contributed by atoms with van der Waals surface area (Å²) in [6.07, 6.45) is -2.70. The zero-order chi connectivity index (χ0) is 16.6. The second-order valence-corrected chi connectivity index (χ2v) is 7.02. The minimum Gasteiger partial charge on any atom is -0.349 e. The third kappa shape index (κ3) is 3.87. The van der Waals surface area contributed by atoms with E-state index in [-0.39, 0.29) is 24.9 Å². The van der Waals surface area contributed by atoms with E-state index in [0.717, 1.165) is 30.2 Å². The minimum absolute atomic E-state index is 0.144. The number of aromatic nitrogens is 2. The number of hydrogen-bond donors (Lipinski definition) is 1. The molecule has 0 aromatic carbocycles. The molecule has 1 saturated carbocycles. The van der Waals surface area contributed by atoms with Crippen LogP contribution in [-0.4, -0.2) is 22.2 Å². The molecular weight excluding hydrogens is 351 g/mol. The number of nitrogens with one attached hydrogen (secondary N) is 1. The van der Waals surface area contributed by atoms with Crippen molar-refractivity contribution < 1.29 is 18.0 Å². The maximum Gasteiger partial charge on any atom is 0.435 e. The number of nitrogens with zero attached hydrogens (tertiary/aromatic N) is 2. The Morgan fingerprint density at radius 2 is 2.17 bits per heavy atom. The smallest absolute Gasteiger partial charge is 0.349 e. The predicted octanol–water partition coefficient (Wildman–Crippen LogP) is 3.92. The molecule has 124 valence electrons. The molecule has 1 aliphatic carbocycles. The van der Waals surface area contributed by atoms with Crippen molar-refractivity contribution in [3.8, 4) is 0 Å². The molecule has 2 aromatic rings. The summed E-state index contributed by atoms with van der Waals surface area (Å²) in [5, 5.41) is 6.30. The van der Waals surface area contributed by atoms with Crippen molar-refractivity contribution in [3.05, 3.63) is 38.8 Å². The fourth-order valence-electron chi connectivity index (χ4n) is 2.26. The van der Waals surface area contributed by atoms with Gasteiger partial charge in [0.1, 0.15) is 0 Å². The van der Waals surface area contributed by atoms with Crippen LogP contribution in [0.5, 0.6) is 0 Å². The Hall–Kier alpha value is -1.54. The van der Waals surface area contributed by atoms with Crippen molar-refractivity contribution in [2.75, 3.05) is 6.54 Å². The topological polar surface area (TPSA) is 46.9 Å². The summed E-state index contributed by atoms with van der Waals surface area (Å²) in [4.78, 5) is 12.3. The van der Waals surface area contributed by atoms with Crippen LogP contribution in [0, 0.1) is 0 Å². The highest BCUT2D eigenvalue weighted by atomic mass is 35.5. The fraction of sp³-hybridized carbons (Fsp3) is 0.429. The molecule has 0 radical (unpaired) electrons. The SMILES string of the molecule is O=C(NCCn1nc(C(F)(F)F)cc1C1CC1)c1ccc(Cl)s1. The molecule has 9 heteroatoms. The monoisotopic (exact) mass is 363 g/mol. The van der Waals surface area contributed by atoms with E-state index in [4.69, 9.17) is 11.6 Å². The summed E-state index contributed by atoms with van der Waals surface area (Å²) in [5.74, 6) is -0.150. The lowest BCUT2D eigenvalue weighted by molar-refractivity contribution is -0.141. The number of hydrogen-bond acceptors (Lipinski definition) is 3. The number of carbonyl (C=O) groups excluding carboxylic acids is 1. The van der Waals surface area contributed by atoms with Crippen molar-refractivity contribution in [3.63, 3.8) is 0 Å². The molecule has 1 N–H and O–H groups in total. The molecule has 4 nitrogen and oxygen atoms in total. The van der Waals surface area contributed by atoms with Gasteiger partial charge in [-0.15, -0.1) is 11.3 Å². The van der Waals surface area contributed by atoms with Gasteiger partial charge < -0.3 is 5.32 Å². The summed E-state index contributed by atoms with van der Waals surface area (Å²) in [6, 6.07) is 4.33. The molecule has 1 fully saturated rings. The van der Waals surface area contributed by atoms with Gasteiger partial charge in [0.05, 0.1) is 15.8 Å². The highest BCUT2D eigenvalue weighted by Gasteiger charge is 2.37. The largest absolute Gasteiger partial charge is 0.435 e. The van der Waals surface area contributed by atoms with E-state index < -0.39 is 11.9 Å². The first-order valence-electron chi connectivity index (χ1n) is 7.03. The third-order valence-electron chi connectivity index (χ3n) is 3.50. The Bertz CT molecular complexity index is 721. The first-order valence-corrected chi connectivity index (χ1v) is 8.22. The quantitative estimate of drug-likeness (QED) is 0.875. The van der Waals surface area contributed by atoms with Gasteiger partial charge in [-0.3, -0.25) is 9.48 Å². The normalized spacial score (nSPS) is 15.0. The average Bonchev–Trinajstić information content (AvgIpc) is 3.06. The Balaban J connectivity index is 1.63. The number of thiophene rings is 1. The zero-order valence-corrected chi connectivity index (χ0v) is 13.4. The summed E-state index contributed by atoms with van der Waals surface area (Å²) >= 11 is 6.91. The van der Waals surface area contributed by atoms with Crippen molar-refractivity contribution in [2.24, 2.45) is 0 Å². The third-order valence-corrected chi connectivity index (χ3v) is 4.73. The van der Waals surface area contributed by atoms with Gasteiger partial charge in [-0.05, 0) is 31.0 Å². The molecule has 2 aromatic heterocycles. The number of amides is 1. The Kier molecular flexibility index (Phi) is 4.37. The number of rotatable bonds is 5. The van der Waals surface area contributed by atoms with Crippen LogP contribution in [0.2, 0.25) is 4.34 Å². The molecule has 0 spiro atoms. The molecule has 0 atom stereocenters. The summed E-state index contributed by atoms with van der Waals surface area (Å²) in [5.41, 5.74) is -0.290. The van der Waals surface area contributed by atoms with Gasteiger partial charge in [0.15, 0.2) is 5.69 Å². The minimum atomic E-state index is -4.45. The fourth-order valence-corrected chi connectivity index (χ4v) is 3.21. The van der Waals surface area contributed by atoms with E-state index in [1.807, 2.05) is 0 Å². The van der Waals surface area contributed by atoms with Gasteiger partial charge in [-0.25, -0.2) is 0 Å². The first kappa shape index (κ1) is 16.3. The predicted molar refractivity (Wildman–Crippen MR) is 80.9 cm³/mol. The van der Waals surface area contributed by atoms with Gasteiger partial charge in [-0.1, -0.05) is 11.6 Å². The van der Waals surface area contributed by atoms with E-state index >= 15 is 0 Å². The van der Waals surface area contributed by atoms with Crippen LogP contribution in [0.3, 0.4) is 0 Å². The molecule has 23 heavy (non-hydrogen) atoms. The van der Waals surface area contributed by atoms with E-state index in [1.54, 1.807) is 12.1 Å². The lowest BCUT2D eigenvalue weighted by Gasteiger charge is -2.07. The van der Waals surface area contributed by atoms with Gasteiger partial charge in [0, 0.05) is 18.2 Å². The summed E-state index contributed by atoms with van der Waals surface area (Å²) in [6.45, 7) is 0.403. The second-order valence-electron chi connectivity index (χ2n) is 5.31. The molecular formula is C14H13ClF3N3OS. The standard InChI is InChI=1S/C14H13ClF3N3OS/c15-12-4-3-10(23-12)13(22)19-5-6-21-9(8-1-2-8)7-11(20-21)14(16,17)18/h3-4,7-8H,1-2,5-6H2,(H,19,22). The van der Waals surface area contributed by atoms with E-state index in [0.29, 0.717) is 14.9 Å². The van der Waals surface area contributed by atoms with Gasteiger partial charge in [-0.2, -0.15) is 18.3 Å². The summed E-state index contributed by atoms with van der Waals surface area (Å²) < 4.78 is 40.2. The van der Waals surface area contributed by atoms with Crippen molar-refractivity contribution in [1.29, 1.82) is 0 Å². The van der Waals surface area contributed by atoms with Crippen LogP contribution in [-0.2, 0) is 12.7 Å². The Labute approximate surface area is 139 Å². The highest BCUT2D eigenvalue weighted by molar-refractivity contribution is 7.17. The van der Waals surface area contributed by atoms with Crippen molar-refractivity contribution in [2.45, 2.75) is 31.5 Å². The van der Waals surface area contributed by atoms with E-state index in [9.17, 15) is 18.0 Å². The molecule has 3 rings (SSSR count). The van der Waals surface area contributed by atoms with Gasteiger partial charge >= 0.3 is 6.18 Å². The number of halogens is 4. The highest BCUT2D eigenvalue weighted by Crippen LogP contribution is 2.42. The maximum absolute atomic E-state index is 12.8. The molecule has 0 aliphatic heterocycles. The van der Waals surface area contributed by atoms with Crippen molar-refractivity contribution >= 4 is 28.8 Å².